The van der Waals surface area contributed by atoms with Crippen molar-refractivity contribution in [3.8, 4) is 0 Å². The number of nitrogens with one attached hydrogen (secondary N) is 1. The first-order valence-corrected chi connectivity index (χ1v) is 5.73. The van der Waals surface area contributed by atoms with Gasteiger partial charge < -0.3 is 35.3 Å². The molecule has 0 aromatic heterocycles. The molecule has 0 unspecified atom stereocenters. The molecule has 2 rings (SSSR count). The van der Waals surface area contributed by atoms with Crippen LogP contribution in [-0.2, 0) is 4.74 Å². The van der Waals surface area contributed by atoms with Gasteiger partial charge in [-0.25, -0.2) is 0 Å². The van der Waals surface area contributed by atoms with Gasteiger partial charge in [0.25, 0.3) is 0 Å². The van der Waals surface area contributed by atoms with Gasteiger partial charge in [0.1, 0.15) is 18.3 Å². The molecule has 0 saturated carbocycles. The van der Waals surface area contributed by atoms with Crippen LogP contribution in [0.4, 0.5) is 5.69 Å². The number of carboxylic acid groups (broad SMARTS) is 1. The topological polar surface area (TPSA) is 122 Å². The SMILES string of the molecule is O=C([O-])c1ccc(N[C@H]2OC[C@H](O)[C@H](O)[C@H]2O)cc1. The van der Waals surface area contributed by atoms with Crippen molar-refractivity contribution in [2.75, 3.05) is 11.9 Å². The summed E-state index contributed by atoms with van der Waals surface area (Å²) in [5, 5.41) is 41.9. The van der Waals surface area contributed by atoms with Gasteiger partial charge in [-0.1, -0.05) is 12.1 Å². The molecule has 1 fully saturated rings. The molecule has 1 heterocycles. The third-order valence-corrected chi connectivity index (χ3v) is 2.93. The fourth-order valence-electron chi connectivity index (χ4n) is 1.80. The molecule has 0 aliphatic carbocycles. The first-order valence-electron chi connectivity index (χ1n) is 5.73. The van der Waals surface area contributed by atoms with Crippen LogP contribution in [0.15, 0.2) is 24.3 Å². The number of rotatable bonds is 3. The molecule has 0 bridgehead atoms. The Morgan fingerprint density at radius 3 is 2.42 bits per heavy atom. The fourth-order valence-corrected chi connectivity index (χ4v) is 1.80. The number of carbonyl (C=O) groups is 1. The Morgan fingerprint density at radius 1 is 1.21 bits per heavy atom. The van der Waals surface area contributed by atoms with E-state index in [-0.39, 0.29) is 12.2 Å². The number of aliphatic hydroxyl groups excluding tert-OH is 3. The van der Waals surface area contributed by atoms with Crippen molar-refractivity contribution in [3.05, 3.63) is 29.8 Å². The second kappa shape index (κ2) is 5.54. The Kier molecular flexibility index (Phi) is 4.01. The van der Waals surface area contributed by atoms with Crippen LogP contribution in [-0.4, -0.2) is 52.4 Å². The number of anilines is 1. The van der Waals surface area contributed by atoms with Gasteiger partial charge in [0.2, 0.25) is 0 Å². The van der Waals surface area contributed by atoms with Crippen LogP contribution in [0.25, 0.3) is 0 Å². The fraction of sp³-hybridized carbons (Fsp3) is 0.417. The lowest BCUT2D eigenvalue weighted by molar-refractivity contribution is -0.255. The highest BCUT2D eigenvalue weighted by Gasteiger charge is 2.37. The number of aliphatic hydroxyl groups is 3. The van der Waals surface area contributed by atoms with Crippen LogP contribution in [0.3, 0.4) is 0 Å². The first kappa shape index (κ1) is 13.8. The molecule has 7 heteroatoms. The molecule has 0 spiro atoms. The molecular weight excluding hydrogens is 254 g/mol. The Bertz CT molecular complexity index is 448. The number of hydrogen-bond donors (Lipinski definition) is 4. The Labute approximate surface area is 109 Å². The molecule has 1 aliphatic rings. The Hall–Kier alpha value is -1.67. The number of aromatic carboxylic acids is 1. The predicted molar refractivity (Wildman–Crippen MR) is 62.2 cm³/mol. The summed E-state index contributed by atoms with van der Waals surface area (Å²) in [5.74, 6) is -1.28. The molecule has 4 N–H and O–H groups in total. The second-order valence-corrected chi connectivity index (χ2v) is 4.31. The maximum atomic E-state index is 10.6. The summed E-state index contributed by atoms with van der Waals surface area (Å²) in [6.45, 7) is -0.104. The van der Waals surface area contributed by atoms with E-state index < -0.39 is 30.5 Å². The third-order valence-electron chi connectivity index (χ3n) is 2.93. The van der Waals surface area contributed by atoms with E-state index in [1.807, 2.05) is 0 Å². The van der Waals surface area contributed by atoms with Gasteiger partial charge in [-0.2, -0.15) is 0 Å². The van der Waals surface area contributed by atoms with E-state index in [2.05, 4.69) is 5.32 Å². The maximum Gasteiger partial charge on any atom is 0.156 e. The molecule has 4 atom stereocenters. The average Bonchev–Trinajstić information content (AvgIpc) is 2.40. The van der Waals surface area contributed by atoms with Crippen molar-refractivity contribution in [2.24, 2.45) is 0 Å². The van der Waals surface area contributed by atoms with Crippen LogP contribution < -0.4 is 10.4 Å². The predicted octanol–water partition coefficient (Wildman–Crippen LogP) is -2.10. The highest BCUT2D eigenvalue weighted by Crippen LogP contribution is 2.18. The quantitative estimate of drug-likeness (QED) is 0.495. The van der Waals surface area contributed by atoms with E-state index in [0.717, 1.165) is 0 Å². The van der Waals surface area contributed by atoms with E-state index >= 15 is 0 Å². The van der Waals surface area contributed by atoms with E-state index in [9.17, 15) is 25.2 Å². The zero-order chi connectivity index (χ0) is 14.0. The molecular formula is C12H14NO6-. The number of benzene rings is 1. The summed E-state index contributed by atoms with van der Waals surface area (Å²) in [5.41, 5.74) is 0.545. The molecule has 1 aliphatic heterocycles. The highest BCUT2D eigenvalue weighted by molar-refractivity contribution is 5.86. The lowest BCUT2D eigenvalue weighted by atomic mass is 10.0. The summed E-state index contributed by atoms with van der Waals surface area (Å²) in [4.78, 5) is 10.6. The van der Waals surface area contributed by atoms with Crippen LogP contribution in [0, 0.1) is 0 Å². The molecule has 0 radical (unpaired) electrons. The van der Waals surface area contributed by atoms with Gasteiger partial charge in [-0.15, -0.1) is 0 Å². The normalized spacial score (nSPS) is 30.9. The summed E-state index contributed by atoms with van der Waals surface area (Å²) < 4.78 is 5.15. The first-order chi connectivity index (χ1) is 8.99. The Balaban J connectivity index is 2.03. The second-order valence-electron chi connectivity index (χ2n) is 4.31. The van der Waals surface area contributed by atoms with Crippen LogP contribution in [0.1, 0.15) is 10.4 Å². The lowest BCUT2D eigenvalue weighted by Crippen LogP contribution is -2.55. The Morgan fingerprint density at radius 2 is 1.84 bits per heavy atom. The van der Waals surface area contributed by atoms with Crippen molar-refractivity contribution in [3.63, 3.8) is 0 Å². The summed E-state index contributed by atoms with van der Waals surface area (Å²) in [7, 11) is 0. The number of carboxylic acids is 1. The molecule has 1 saturated heterocycles. The van der Waals surface area contributed by atoms with Crippen LogP contribution in [0.5, 0.6) is 0 Å². The van der Waals surface area contributed by atoms with Crippen molar-refractivity contribution in [2.45, 2.75) is 24.5 Å². The van der Waals surface area contributed by atoms with Gasteiger partial charge in [-0.05, 0) is 17.7 Å². The van der Waals surface area contributed by atoms with E-state index in [4.69, 9.17) is 4.74 Å². The van der Waals surface area contributed by atoms with Crippen molar-refractivity contribution in [1.29, 1.82) is 0 Å². The minimum Gasteiger partial charge on any atom is -0.545 e. The van der Waals surface area contributed by atoms with Gasteiger partial charge in [0.05, 0.1) is 12.6 Å². The van der Waals surface area contributed by atoms with E-state index in [0.29, 0.717) is 5.69 Å². The van der Waals surface area contributed by atoms with Crippen LogP contribution in [0.2, 0.25) is 0 Å². The average molecular weight is 268 g/mol. The maximum absolute atomic E-state index is 10.6. The lowest BCUT2D eigenvalue weighted by Gasteiger charge is -2.35. The van der Waals surface area contributed by atoms with Crippen molar-refractivity contribution in [1.82, 2.24) is 0 Å². The van der Waals surface area contributed by atoms with Crippen molar-refractivity contribution >= 4 is 11.7 Å². The molecule has 7 nitrogen and oxygen atoms in total. The van der Waals surface area contributed by atoms with Gasteiger partial charge in [0.15, 0.2) is 6.23 Å². The third kappa shape index (κ3) is 3.02. The monoisotopic (exact) mass is 268 g/mol. The molecule has 0 amide bonds. The zero-order valence-corrected chi connectivity index (χ0v) is 9.89. The van der Waals surface area contributed by atoms with Gasteiger partial charge in [-0.3, -0.25) is 0 Å². The summed E-state index contributed by atoms with van der Waals surface area (Å²) >= 11 is 0. The standard InChI is InChI=1S/C12H15NO6/c14-8-5-19-11(10(16)9(8)15)13-7-3-1-6(2-4-7)12(17)18/h1-4,8-11,13-16H,5H2,(H,17,18)/p-1/t8-,9-,10+,11-/m0/s1. The minimum atomic E-state index is -1.30. The number of ether oxygens (including phenoxy) is 1. The summed E-state index contributed by atoms with van der Waals surface area (Å²) in [6, 6.07) is 5.66. The van der Waals surface area contributed by atoms with E-state index in [1.54, 1.807) is 0 Å². The minimum absolute atomic E-state index is 0.0334. The molecule has 1 aromatic rings. The number of carbonyl (C=O) groups excluding carboxylic acids is 1. The van der Waals surface area contributed by atoms with Gasteiger partial charge >= 0.3 is 0 Å². The highest BCUT2D eigenvalue weighted by atomic mass is 16.5. The van der Waals surface area contributed by atoms with Crippen LogP contribution >= 0.6 is 0 Å². The van der Waals surface area contributed by atoms with Crippen molar-refractivity contribution < 1.29 is 30.0 Å². The zero-order valence-electron chi connectivity index (χ0n) is 9.89. The molecule has 104 valence electrons. The van der Waals surface area contributed by atoms with Gasteiger partial charge in [0, 0.05) is 5.69 Å². The number of hydrogen-bond acceptors (Lipinski definition) is 7. The largest absolute Gasteiger partial charge is 0.545 e. The molecule has 19 heavy (non-hydrogen) atoms. The summed E-state index contributed by atoms with van der Waals surface area (Å²) in [6.07, 6.45) is -4.60. The molecule has 1 aromatic carbocycles. The smallest absolute Gasteiger partial charge is 0.156 e. The van der Waals surface area contributed by atoms with E-state index in [1.165, 1.54) is 24.3 Å².